The van der Waals surface area contributed by atoms with E-state index in [0.717, 1.165) is 51.4 Å². The van der Waals surface area contributed by atoms with Gasteiger partial charge in [0.05, 0.1) is 25.9 Å². The molecule has 0 spiro atoms. The number of unbranched alkanes of at least 4 members (excludes halogenated alkanes) is 10. The number of rotatable bonds is 37. The molecule has 0 aliphatic carbocycles. The minimum Gasteiger partial charge on any atom is -0.462 e. The predicted molar refractivity (Wildman–Crippen MR) is 225 cm³/mol. The van der Waals surface area contributed by atoms with Gasteiger partial charge >= 0.3 is 19.8 Å². The Morgan fingerprint density at radius 3 is 1.93 bits per heavy atom. The molecule has 12 heteroatoms. The lowest BCUT2D eigenvalue weighted by atomic mass is 10.1. The second-order valence-electron chi connectivity index (χ2n) is 13.5. The van der Waals surface area contributed by atoms with Crippen molar-refractivity contribution in [3.8, 4) is 0 Å². The van der Waals surface area contributed by atoms with Crippen LogP contribution in [0.2, 0.25) is 0 Å². The number of esters is 2. The molecule has 0 aromatic rings. The number of aliphatic hydroxyl groups excluding tert-OH is 3. The van der Waals surface area contributed by atoms with Gasteiger partial charge in [-0.2, -0.15) is 0 Å². The van der Waals surface area contributed by atoms with E-state index < -0.39 is 57.9 Å². The summed E-state index contributed by atoms with van der Waals surface area (Å²) in [7, 11) is -4.65. The van der Waals surface area contributed by atoms with Crippen molar-refractivity contribution in [3.63, 3.8) is 0 Å². The fourth-order valence-electron chi connectivity index (χ4n) is 4.93. The van der Waals surface area contributed by atoms with Crippen molar-refractivity contribution in [2.24, 2.45) is 0 Å². The van der Waals surface area contributed by atoms with E-state index in [2.05, 4.69) is 54.8 Å². The first-order valence-corrected chi connectivity index (χ1v) is 22.2. The molecule has 4 N–H and O–H groups in total. The van der Waals surface area contributed by atoms with Crippen LogP contribution in [0, 0.1) is 0 Å². The van der Waals surface area contributed by atoms with Crippen LogP contribution in [0.5, 0.6) is 0 Å². The molecule has 0 heterocycles. The van der Waals surface area contributed by atoms with E-state index in [1.54, 1.807) is 6.08 Å². The quantitative estimate of drug-likeness (QED) is 0.0155. The highest BCUT2D eigenvalue weighted by molar-refractivity contribution is 7.47. The summed E-state index contributed by atoms with van der Waals surface area (Å²) in [5, 5.41) is 28.3. The molecule has 0 saturated carbocycles. The molecule has 56 heavy (non-hydrogen) atoms. The first-order valence-electron chi connectivity index (χ1n) is 20.7. The lowest BCUT2D eigenvalue weighted by molar-refractivity contribution is -0.161. The second-order valence-corrected chi connectivity index (χ2v) is 15.0. The van der Waals surface area contributed by atoms with E-state index >= 15 is 0 Å². The van der Waals surface area contributed by atoms with Gasteiger partial charge in [0.15, 0.2) is 6.10 Å². The van der Waals surface area contributed by atoms with Crippen LogP contribution < -0.4 is 0 Å². The van der Waals surface area contributed by atoms with Crippen LogP contribution in [0.3, 0.4) is 0 Å². The third-order valence-electron chi connectivity index (χ3n) is 8.14. The molecular formula is C44H73O11P. The number of hydrogen-bond donors (Lipinski definition) is 4. The van der Waals surface area contributed by atoms with E-state index in [4.69, 9.17) is 19.1 Å². The van der Waals surface area contributed by atoms with Gasteiger partial charge in [-0.3, -0.25) is 18.6 Å². The predicted octanol–water partition coefficient (Wildman–Crippen LogP) is 9.63. The Morgan fingerprint density at radius 2 is 1.21 bits per heavy atom. The summed E-state index contributed by atoms with van der Waals surface area (Å²) in [6.07, 6.45) is 41.5. The van der Waals surface area contributed by atoms with Crippen LogP contribution >= 0.6 is 7.82 Å². The Labute approximate surface area is 337 Å². The highest BCUT2D eigenvalue weighted by atomic mass is 31.2. The van der Waals surface area contributed by atoms with Crippen LogP contribution in [0.25, 0.3) is 0 Å². The molecule has 0 aromatic heterocycles. The van der Waals surface area contributed by atoms with E-state index in [0.29, 0.717) is 32.1 Å². The second kappa shape index (κ2) is 39.0. The van der Waals surface area contributed by atoms with Crippen molar-refractivity contribution < 1.29 is 52.9 Å². The van der Waals surface area contributed by atoms with Crippen molar-refractivity contribution in [2.45, 2.75) is 154 Å². The van der Waals surface area contributed by atoms with Gasteiger partial charge in [-0.25, -0.2) is 4.57 Å². The summed E-state index contributed by atoms with van der Waals surface area (Å²) in [4.78, 5) is 34.9. The van der Waals surface area contributed by atoms with Crippen LogP contribution in [0.1, 0.15) is 136 Å². The Kier molecular flexibility index (Phi) is 36.9. The molecule has 11 nitrogen and oxygen atoms in total. The van der Waals surface area contributed by atoms with Crippen molar-refractivity contribution in [1.82, 2.24) is 0 Å². The normalized spacial score (nSPS) is 15.3. The molecule has 4 atom stereocenters. The van der Waals surface area contributed by atoms with Crippen molar-refractivity contribution in [3.05, 3.63) is 85.1 Å². The summed E-state index contributed by atoms with van der Waals surface area (Å²) in [5.74, 6) is -1.06. The summed E-state index contributed by atoms with van der Waals surface area (Å²) in [5.41, 5.74) is 0. The Hall–Kier alpha value is -2.89. The SMILES string of the molecule is CC/C=C\C/C=C\CC(O)/C=C/C=C\C/C=C\CCCC(=O)OC[C@H](COP(=O)(O)OC[C@@H](O)CO)OC(=O)CCCCCCC/C=C\C=C/CCCCCC. The molecule has 0 radical (unpaired) electrons. The Morgan fingerprint density at radius 1 is 0.625 bits per heavy atom. The number of hydrogen-bond acceptors (Lipinski definition) is 10. The van der Waals surface area contributed by atoms with Crippen molar-refractivity contribution in [2.75, 3.05) is 26.4 Å². The molecule has 2 unspecified atom stereocenters. The lowest BCUT2D eigenvalue weighted by Crippen LogP contribution is -2.29. The maximum absolute atomic E-state index is 12.6. The highest BCUT2D eigenvalue weighted by Gasteiger charge is 2.27. The molecule has 0 aliphatic rings. The lowest BCUT2D eigenvalue weighted by Gasteiger charge is -2.20. The number of carbonyl (C=O) groups is 2. The fraction of sp³-hybridized carbons (Fsp3) is 0.636. The van der Waals surface area contributed by atoms with Crippen LogP contribution in [0.4, 0.5) is 0 Å². The highest BCUT2D eigenvalue weighted by Crippen LogP contribution is 2.43. The maximum Gasteiger partial charge on any atom is 0.472 e. The van der Waals surface area contributed by atoms with Gasteiger partial charge in [0.1, 0.15) is 12.7 Å². The summed E-state index contributed by atoms with van der Waals surface area (Å²) in [6, 6.07) is 0. The zero-order valence-electron chi connectivity index (χ0n) is 34.2. The van der Waals surface area contributed by atoms with Gasteiger partial charge in [0, 0.05) is 12.8 Å². The van der Waals surface area contributed by atoms with Crippen LogP contribution in [-0.4, -0.2) is 76.9 Å². The molecule has 0 bridgehead atoms. The molecule has 0 aliphatic heterocycles. The van der Waals surface area contributed by atoms with Crippen LogP contribution in [-0.2, 0) is 32.7 Å². The average molecular weight is 809 g/mol. The maximum atomic E-state index is 12.6. The number of aliphatic hydroxyl groups is 3. The topological polar surface area (TPSA) is 169 Å². The summed E-state index contributed by atoms with van der Waals surface area (Å²) >= 11 is 0. The number of carbonyl (C=O) groups excluding carboxylic acids is 2. The fourth-order valence-corrected chi connectivity index (χ4v) is 5.71. The Bertz CT molecular complexity index is 1220. The monoisotopic (exact) mass is 808 g/mol. The number of phosphoric acid groups is 1. The molecule has 0 saturated heterocycles. The Balaban J connectivity index is 4.53. The van der Waals surface area contributed by atoms with Gasteiger partial charge < -0.3 is 29.7 Å². The smallest absolute Gasteiger partial charge is 0.462 e. The summed E-state index contributed by atoms with van der Waals surface area (Å²) in [6.45, 7) is 2.04. The number of allylic oxidation sites excluding steroid dienone is 12. The average Bonchev–Trinajstić information content (AvgIpc) is 3.18. The van der Waals surface area contributed by atoms with Gasteiger partial charge in [-0.05, 0) is 70.6 Å². The van der Waals surface area contributed by atoms with Gasteiger partial charge in [0.2, 0.25) is 0 Å². The zero-order chi connectivity index (χ0) is 41.4. The molecule has 0 aromatic carbocycles. The van der Waals surface area contributed by atoms with Gasteiger partial charge in [-0.15, -0.1) is 0 Å². The zero-order valence-corrected chi connectivity index (χ0v) is 35.1. The van der Waals surface area contributed by atoms with Crippen molar-refractivity contribution >= 4 is 19.8 Å². The molecule has 320 valence electrons. The van der Waals surface area contributed by atoms with Gasteiger partial charge in [0.25, 0.3) is 0 Å². The van der Waals surface area contributed by atoms with E-state index in [-0.39, 0.29) is 19.4 Å². The minimum atomic E-state index is -4.65. The molecular weight excluding hydrogens is 735 g/mol. The first kappa shape index (κ1) is 53.1. The largest absolute Gasteiger partial charge is 0.472 e. The number of ether oxygens (including phenoxy) is 2. The first-order chi connectivity index (χ1) is 27.1. The van der Waals surface area contributed by atoms with Gasteiger partial charge in [-0.1, -0.05) is 137 Å². The molecule has 0 amide bonds. The standard InChI is InChI=1S/C44H73O11P/c1-3-5-7-9-11-12-13-14-15-16-17-18-23-27-31-35-44(49)55-42(39-54-56(50,51)53-37-41(47)36-45)38-52-43(48)34-30-26-22-20-19-21-25-29-33-40(46)32-28-24-10-8-6-4-2/h6,8,12-15,20-22,24-25,28-29,33,40-42,45-47H,3-5,7,9-11,16-19,23,26-27,30-32,34-39H2,1-2H3,(H,50,51)/b8-6-,13-12-,15-14-,22-20-,25-21-,28-24-,33-29+/t40?,41-,42+/m0/s1. The molecule has 0 rings (SSSR count). The third-order valence-corrected chi connectivity index (χ3v) is 9.09. The van der Waals surface area contributed by atoms with E-state index in [9.17, 15) is 29.3 Å². The van der Waals surface area contributed by atoms with E-state index in [1.807, 2.05) is 42.5 Å². The number of phosphoric ester groups is 1. The van der Waals surface area contributed by atoms with Crippen LogP contribution in [0.15, 0.2) is 85.1 Å². The van der Waals surface area contributed by atoms with E-state index in [1.165, 1.54) is 25.7 Å². The minimum absolute atomic E-state index is 0.123. The van der Waals surface area contributed by atoms with Crippen molar-refractivity contribution in [1.29, 1.82) is 0 Å². The molecule has 0 fully saturated rings. The third kappa shape index (κ3) is 38.0. The summed E-state index contributed by atoms with van der Waals surface area (Å²) < 4.78 is 32.5.